The minimum atomic E-state index is -0.442. The molecular weight excluding hydrogens is 278 g/mol. The third kappa shape index (κ3) is 3.65. The standard InChI is InChI=1S/C6H6N2O.C5H5N5.H2S/c7-6(9)5-2-1-3-8-4-5;6-4-3-5(9-1-7-3)10-2-8-4;/h1-4H,(H2,7,9);1-2H,(H3,6,7,8,9,10);1H2. The summed E-state index contributed by atoms with van der Waals surface area (Å²) >= 11 is 0. The minimum absolute atomic E-state index is 0. The van der Waals surface area contributed by atoms with Gasteiger partial charge in [-0.3, -0.25) is 9.78 Å². The molecule has 0 aromatic carbocycles. The molecule has 0 saturated heterocycles. The van der Waals surface area contributed by atoms with Gasteiger partial charge in [-0.1, -0.05) is 0 Å². The molecule has 9 heteroatoms. The molecule has 0 atom stereocenters. The third-order valence-electron chi connectivity index (χ3n) is 2.20. The zero-order valence-corrected chi connectivity index (χ0v) is 11.3. The Morgan fingerprint density at radius 2 is 2.05 bits per heavy atom. The molecule has 3 rings (SSSR count). The number of anilines is 1. The van der Waals surface area contributed by atoms with Crippen LogP contribution in [0.2, 0.25) is 0 Å². The maximum absolute atomic E-state index is 10.4. The Hall–Kier alpha value is -2.68. The third-order valence-corrected chi connectivity index (χ3v) is 2.20. The number of fused-ring (bicyclic) bond motifs is 1. The lowest BCUT2D eigenvalue weighted by Crippen LogP contribution is -2.10. The minimum Gasteiger partial charge on any atom is -0.382 e. The predicted molar refractivity (Wildman–Crippen MR) is 79.2 cm³/mol. The number of primary amides is 1. The monoisotopic (exact) mass is 291 g/mol. The van der Waals surface area contributed by atoms with Crippen LogP contribution in [0.5, 0.6) is 0 Å². The largest absolute Gasteiger partial charge is 0.382 e. The summed E-state index contributed by atoms with van der Waals surface area (Å²) in [4.78, 5) is 28.5. The SMILES string of the molecule is NC(=O)c1cccnc1.Nc1ncnc2nc[nH]c12.S. The Kier molecular flexibility index (Phi) is 5.42. The highest BCUT2D eigenvalue weighted by molar-refractivity contribution is 7.59. The van der Waals surface area contributed by atoms with Crippen LogP contribution in [-0.2, 0) is 0 Å². The second kappa shape index (κ2) is 7.04. The lowest BCUT2D eigenvalue weighted by molar-refractivity contribution is 0.1000. The molecule has 5 N–H and O–H groups in total. The van der Waals surface area contributed by atoms with E-state index < -0.39 is 5.91 Å². The number of rotatable bonds is 1. The molecule has 0 aliphatic carbocycles. The first-order chi connectivity index (χ1) is 9.18. The second-order valence-corrected chi connectivity index (χ2v) is 3.47. The van der Waals surface area contributed by atoms with Crippen molar-refractivity contribution >= 4 is 36.4 Å². The Labute approximate surface area is 121 Å². The van der Waals surface area contributed by atoms with Crippen molar-refractivity contribution in [3.05, 3.63) is 42.7 Å². The van der Waals surface area contributed by atoms with Crippen molar-refractivity contribution in [1.29, 1.82) is 0 Å². The zero-order chi connectivity index (χ0) is 13.7. The number of hydrogen-bond donors (Lipinski definition) is 3. The highest BCUT2D eigenvalue weighted by Crippen LogP contribution is 2.09. The number of carbonyl (C=O) groups is 1. The number of nitrogen functional groups attached to an aromatic ring is 1. The van der Waals surface area contributed by atoms with Crippen LogP contribution < -0.4 is 11.5 Å². The van der Waals surface area contributed by atoms with Gasteiger partial charge in [-0.2, -0.15) is 13.5 Å². The molecule has 0 aliphatic rings. The molecule has 3 aromatic rings. The molecule has 0 unspecified atom stereocenters. The molecule has 0 bridgehead atoms. The van der Waals surface area contributed by atoms with E-state index in [1.54, 1.807) is 18.3 Å². The number of imidazole rings is 1. The number of nitrogens with one attached hydrogen (secondary N) is 1. The molecule has 0 aliphatic heterocycles. The first-order valence-corrected chi connectivity index (χ1v) is 5.28. The van der Waals surface area contributed by atoms with Crippen LogP contribution in [0.15, 0.2) is 37.2 Å². The van der Waals surface area contributed by atoms with Crippen molar-refractivity contribution in [1.82, 2.24) is 24.9 Å². The predicted octanol–water partition coefficient (Wildman–Crippen LogP) is 0.228. The van der Waals surface area contributed by atoms with Crippen molar-refractivity contribution in [3.63, 3.8) is 0 Å². The fourth-order valence-electron chi connectivity index (χ4n) is 1.29. The summed E-state index contributed by atoms with van der Waals surface area (Å²) < 4.78 is 0. The lowest BCUT2D eigenvalue weighted by Gasteiger charge is -1.89. The van der Waals surface area contributed by atoms with Crippen molar-refractivity contribution in [2.45, 2.75) is 0 Å². The van der Waals surface area contributed by atoms with Crippen molar-refractivity contribution < 1.29 is 4.79 Å². The smallest absolute Gasteiger partial charge is 0.250 e. The van der Waals surface area contributed by atoms with Crippen molar-refractivity contribution in [2.75, 3.05) is 5.73 Å². The maximum atomic E-state index is 10.4. The number of amides is 1. The fraction of sp³-hybridized carbons (Fsp3) is 0. The molecule has 3 aromatic heterocycles. The van der Waals surface area contributed by atoms with Crippen molar-refractivity contribution in [2.24, 2.45) is 5.73 Å². The van der Waals surface area contributed by atoms with E-state index in [2.05, 4.69) is 24.9 Å². The molecule has 1 amide bonds. The summed E-state index contributed by atoms with van der Waals surface area (Å²) in [6.07, 6.45) is 5.95. The van der Waals surface area contributed by atoms with E-state index in [1.807, 2.05) is 0 Å². The van der Waals surface area contributed by atoms with E-state index in [0.717, 1.165) is 0 Å². The van der Waals surface area contributed by atoms with Gasteiger partial charge in [-0.05, 0) is 12.1 Å². The first-order valence-electron chi connectivity index (χ1n) is 5.28. The van der Waals surface area contributed by atoms with E-state index >= 15 is 0 Å². The van der Waals surface area contributed by atoms with Gasteiger partial charge in [0.1, 0.15) is 11.8 Å². The van der Waals surface area contributed by atoms with Gasteiger partial charge in [0.25, 0.3) is 0 Å². The van der Waals surface area contributed by atoms with Crippen LogP contribution in [0.25, 0.3) is 11.2 Å². The van der Waals surface area contributed by atoms with Gasteiger partial charge in [0.15, 0.2) is 11.5 Å². The van der Waals surface area contributed by atoms with E-state index in [0.29, 0.717) is 22.5 Å². The van der Waals surface area contributed by atoms with E-state index in [1.165, 1.54) is 18.9 Å². The maximum Gasteiger partial charge on any atom is 0.250 e. The summed E-state index contributed by atoms with van der Waals surface area (Å²) in [5, 5.41) is 0. The van der Waals surface area contributed by atoms with Crippen molar-refractivity contribution in [3.8, 4) is 0 Å². The van der Waals surface area contributed by atoms with Gasteiger partial charge in [0.05, 0.1) is 11.9 Å². The first kappa shape index (κ1) is 15.4. The van der Waals surface area contributed by atoms with Gasteiger partial charge in [0, 0.05) is 12.4 Å². The van der Waals surface area contributed by atoms with Crippen LogP contribution in [0, 0.1) is 0 Å². The molecule has 8 nitrogen and oxygen atoms in total. The molecule has 0 spiro atoms. The number of nitrogens with two attached hydrogens (primary N) is 2. The average molecular weight is 291 g/mol. The van der Waals surface area contributed by atoms with Gasteiger partial charge in [-0.25, -0.2) is 15.0 Å². The summed E-state index contributed by atoms with van der Waals surface area (Å²) in [5.41, 5.74) is 12.2. The average Bonchev–Trinajstić information content (AvgIpc) is 2.90. The fourth-order valence-corrected chi connectivity index (χ4v) is 1.29. The van der Waals surface area contributed by atoms with Gasteiger partial charge in [0.2, 0.25) is 5.91 Å². The number of aromatic amines is 1. The van der Waals surface area contributed by atoms with E-state index in [9.17, 15) is 4.79 Å². The molecule has 0 radical (unpaired) electrons. The molecule has 104 valence electrons. The number of aromatic nitrogens is 5. The number of nitrogens with zero attached hydrogens (tertiary/aromatic N) is 4. The van der Waals surface area contributed by atoms with Crippen LogP contribution in [0.3, 0.4) is 0 Å². The number of hydrogen-bond acceptors (Lipinski definition) is 6. The molecular formula is C11H13N7OS. The number of pyridine rings is 1. The zero-order valence-electron chi connectivity index (χ0n) is 10.3. The molecule has 3 heterocycles. The lowest BCUT2D eigenvalue weighted by atomic mass is 10.3. The highest BCUT2D eigenvalue weighted by Gasteiger charge is 1.99. The van der Waals surface area contributed by atoms with Gasteiger partial charge in [-0.15, -0.1) is 0 Å². The topological polar surface area (TPSA) is 136 Å². The number of H-pyrrole nitrogens is 1. The van der Waals surface area contributed by atoms with Gasteiger partial charge >= 0.3 is 0 Å². The Balaban J connectivity index is 0.000000192. The van der Waals surface area contributed by atoms with E-state index in [4.69, 9.17) is 11.5 Å². The summed E-state index contributed by atoms with van der Waals surface area (Å²) in [5.74, 6) is -0.00870. The second-order valence-electron chi connectivity index (χ2n) is 3.47. The summed E-state index contributed by atoms with van der Waals surface area (Å²) in [7, 11) is 0. The Morgan fingerprint density at radius 1 is 1.25 bits per heavy atom. The number of carbonyl (C=O) groups excluding carboxylic acids is 1. The Morgan fingerprint density at radius 3 is 2.60 bits per heavy atom. The molecule has 0 fully saturated rings. The molecule has 20 heavy (non-hydrogen) atoms. The van der Waals surface area contributed by atoms with Gasteiger partial charge < -0.3 is 16.5 Å². The van der Waals surface area contributed by atoms with Crippen LogP contribution in [0.1, 0.15) is 10.4 Å². The normalized spacial score (nSPS) is 9.20. The van der Waals surface area contributed by atoms with E-state index in [-0.39, 0.29) is 13.5 Å². The van der Waals surface area contributed by atoms with Crippen LogP contribution >= 0.6 is 13.5 Å². The highest BCUT2D eigenvalue weighted by atomic mass is 32.1. The quantitative estimate of drug-likeness (QED) is 0.587. The summed E-state index contributed by atoms with van der Waals surface area (Å²) in [6.45, 7) is 0. The Bertz CT molecular complexity index is 685. The van der Waals surface area contributed by atoms with Crippen LogP contribution in [0.4, 0.5) is 5.82 Å². The summed E-state index contributed by atoms with van der Waals surface area (Å²) in [6, 6.07) is 3.29. The van der Waals surface area contributed by atoms with Crippen LogP contribution in [-0.4, -0.2) is 30.8 Å². The molecule has 0 saturated carbocycles.